The van der Waals surface area contributed by atoms with Crippen LogP contribution in [0.4, 0.5) is 0 Å². The minimum Gasteiger partial charge on any atom is -0.342 e. The predicted octanol–water partition coefficient (Wildman–Crippen LogP) is 3.22. The highest BCUT2D eigenvalue weighted by molar-refractivity contribution is 7.84. The lowest BCUT2D eigenvalue weighted by Crippen LogP contribution is -2.50. The van der Waals surface area contributed by atoms with Gasteiger partial charge in [0.25, 0.3) is 5.91 Å². The first-order chi connectivity index (χ1) is 12.8. The fraction of sp³-hybridized carbons (Fsp3) is 0.263. The second-order valence-electron chi connectivity index (χ2n) is 6.30. The molecule has 2 amide bonds. The van der Waals surface area contributed by atoms with Crippen LogP contribution in [0.1, 0.15) is 15.9 Å². The molecule has 1 atom stereocenters. The Balaban J connectivity index is 1.73. The molecule has 2 aromatic carbocycles. The maximum absolute atomic E-state index is 12.6. The smallest absolute Gasteiger partial charge is 0.254 e. The summed E-state index contributed by atoms with van der Waals surface area (Å²) in [6, 6.07) is 11.8. The van der Waals surface area contributed by atoms with E-state index in [9.17, 15) is 13.8 Å². The van der Waals surface area contributed by atoms with E-state index in [4.69, 9.17) is 23.2 Å². The van der Waals surface area contributed by atoms with Crippen molar-refractivity contribution in [1.82, 2.24) is 9.80 Å². The number of rotatable bonds is 4. The van der Waals surface area contributed by atoms with Crippen LogP contribution in [0.5, 0.6) is 0 Å². The van der Waals surface area contributed by atoms with E-state index in [0.717, 1.165) is 0 Å². The van der Waals surface area contributed by atoms with Crippen LogP contribution >= 0.6 is 23.2 Å². The molecule has 1 unspecified atom stereocenters. The standard InChI is InChI=1S/C19H18Cl2N2O3S/c1-22-7-8-23(11-18(22)24)19(25)13-5-6-14(17(21)9-13)12-27(26)16-4-2-3-15(20)10-16/h2-6,9-10H,7-8,11-12H2,1H3. The Bertz CT molecular complexity index is 920. The highest BCUT2D eigenvalue weighted by Crippen LogP contribution is 2.24. The molecule has 0 N–H and O–H groups in total. The zero-order valence-corrected chi connectivity index (χ0v) is 17.0. The summed E-state index contributed by atoms with van der Waals surface area (Å²) in [6.07, 6.45) is 0. The molecule has 3 rings (SSSR count). The Morgan fingerprint density at radius 2 is 1.93 bits per heavy atom. The van der Waals surface area contributed by atoms with Crippen LogP contribution in [-0.4, -0.2) is 52.5 Å². The fourth-order valence-corrected chi connectivity index (χ4v) is 4.52. The third-order valence-corrected chi connectivity index (χ3v) is 6.33. The van der Waals surface area contributed by atoms with Gasteiger partial charge in [0, 0.05) is 40.6 Å². The van der Waals surface area contributed by atoms with Crippen LogP contribution in [-0.2, 0) is 21.3 Å². The van der Waals surface area contributed by atoms with E-state index in [1.807, 2.05) is 0 Å². The maximum atomic E-state index is 12.6. The minimum atomic E-state index is -1.30. The molecule has 1 heterocycles. The lowest BCUT2D eigenvalue weighted by Gasteiger charge is -2.32. The average Bonchev–Trinajstić information content (AvgIpc) is 2.65. The van der Waals surface area contributed by atoms with Crippen molar-refractivity contribution in [2.75, 3.05) is 26.7 Å². The molecule has 0 aliphatic carbocycles. The van der Waals surface area contributed by atoms with Crippen LogP contribution in [0.25, 0.3) is 0 Å². The van der Waals surface area contributed by atoms with Gasteiger partial charge < -0.3 is 9.80 Å². The van der Waals surface area contributed by atoms with Crippen molar-refractivity contribution in [2.24, 2.45) is 0 Å². The number of hydrogen-bond donors (Lipinski definition) is 0. The molecule has 2 aromatic rings. The molecule has 1 aliphatic heterocycles. The van der Waals surface area contributed by atoms with E-state index in [0.29, 0.717) is 39.2 Å². The highest BCUT2D eigenvalue weighted by Gasteiger charge is 2.26. The topological polar surface area (TPSA) is 57.7 Å². The Morgan fingerprint density at radius 3 is 2.59 bits per heavy atom. The lowest BCUT2D eigenvalue weighted by atomic mass is 10.1. The summed E-state index contributed by atoms with van der Waals surface area (Å²) in [4.78, 5) is 28.2. The van der Waals surface area contributed by atoms with Crippen LogP contribution in [0.15, 0.2) is 47.4 Å². The molecule has 142 valence electrons. The highest BCUT2D eigenvalue weighted by atomic mass is 35.5. The predicted molar refractivity (Wildman–Crippen MR) is 107 cm³/mol. The van der Waals surface area contributed by atoms with E-state index >= 15 is 0 Å². The lowest BCUT2D eigenvalue weighted by molar-refractivity contribution is -0.133. The first kappa shape index (κ1) is 19.9. The molecule has 8 heteroatoms. The number of carbonyl (C=O) groups is 2. The summed E-state index contributed by atoms with van der Waals surface area (Å²) in [5.74, 6) is -0.101. The van der Waals surface area contributed by atoms with E-state index in [1.165, 1.54) is 4.90 Å². The normalized spacial score (nSPS) is 15.7. The molecule has 0 radical (unpaired) electrons. The number of piperazine rings is 1. The molecule has 1 aliphatic rings. The molecular weight excluding hydrogens is 407 g/mol. The number of likely N-dealkylation sites (N-methyl/N-ethyl adjacent to an activating group) is 1. The van der Waals surface area contributed by atoms with Gasteiger partial charge in [0.15, 0.2) is 0 Å². The second-order valence-corrected chi connectivity index (χ2v) is 8.59. The molecule has 1 saturated heterocycles. The van der Waals surface area contributed by atoms with Crippen LogP contribution in [0.2, 0.25) is 10.0 Å². The van der Waals surface area contributed by atoms with E-state index < -0.39 is 10.8 Å². The number of nitrogens with zero attached hydrogens (tertiary/aromatic N) is 2. The SMILES string of the molecule is CN1CCN(C(=O)c2ccc(CS(=O)c3cccc(Cl)c3)c(Cl)c2)CC1=O. The Hall–Kier alpha value is -1.89. The van der Waals surface area contributed by atoms with Gasteiger partial charge in [-0.1, -0.05) is 35.3 Å². The van der Waals surface area contributed by atoms with Crippen molar-refractivity contribution in [3.8, 4) is 0 Å². The van der Waals surface area contributed by atoms with Crippen molar-refractivity contribution in [3.05, 3.63) is 63.6 Å². The zero-order chi connectivity index (χ0) is 19.6. The largest absolute Gasteiger partial charge is 0.342 e. The van der Waals surface area contributed by atoms with Gasteiger partial charge in [-0.25, -0.2) is 0 Å². The number of benzene rings is 2. The summed E-state index contributed by atoms with van der Waals surface area (Å²) in [7, 11) is 0.418. The van der Waals surface area contributed by atoms with Crippen LogP contribution in [0.3, 0.4) is 0 Å². The molecule has 0 bridgehead atoms. The number of carbonyl (C=O) groups excluding carboxylic acids is 2. The second kappa shape index (κ2) is 8.42. The van der Waals surface area contributed by atoms with Gasteiger partial charge in [0.1, 0.15) is 6.54 Å². The number of amides is 2. The van der Waals surface area contributed by atoms with Gasteiger partial charge in [0.05, 0.1) is 16.6 Å². The monoisotopic (exact) mass is 424 g/mol. The first-order valence-electron chi connectivity index (χ1n) is 8.31. The summed E-state index contributed by atoms with van der Waals surface area (Å²) in [6.45, 7) is 1.06. The van der Waals surface area contributed by atoms with Crippen LogP contribution < -0.4 is 0 Å². The van der Waals surface area contributed by atoms with E-state index in [2.05, 4.69) is 0 Å². The molecule has 0 spiro atoms. The summed E-state index contributed by atoms with van der Waals surface area (Å²) >= 11 is 12.3. The van der Waals surface area contributed by atoms with Gasteiger partial charge in [-0.2, -0.15) is 0 Å². The Labute approximate surface area is 170 Å². The van der Waals surface area contributed by atoms with Gasteiger partial charge >= 0.3 is 0 Å². The average molecular weight is 425 g/mol. The summed E-state index contributed by atoms with van der Waals surface area (Å²) < 4.78 is 12.5. The Morgan fingerprint density at radius 1 is 1.15 bits per heavy atom. The van der Waals surface area contributed by atoms with E-state index in [-0.39, 0.29) is 24.1 Å². The van der Waals surface area contributed by atoms with Gasteiger partial charge in [-0.3, -0.25) is 13.8 Å². The number of hydrogen-bond acceptors (Lipinski definition) is 3. The minimum absolute atomic E-state index is 0.0630. The molecular formula is C19H18Cl2N2O3S. The molecule has 0 aromatic heterocycles. The van der Waals surface area contributed by atoms with E-state index in [1.54, 1.807) is 54.4 Å². The molecule has 0 saturated carbocycles. The van der Waals surface area contributed by atoms with Crippen molar-refractivity contribution >= 4 is 45.8 Å². The number of halogens is 2. The molecule has 1 fully saturated rings. The maximum Gasteiger partial charge on any atom is 0.254 e. The van der Waals surface area contributed by atoms with Crippen molar-refractivity contribution in [1.29, 1.82) is 0 Å². The molecule has 27 heavy (non-hydrogen) atoms. The first-order valence-corrected chi connectivity index (χ1v) is 10.4. The third-order valence-electron chi connectivity index (χ3n) is 4.39. The van der Waals surface area contributed by atoms with Gasteiger partial charge in [0.2, 0.25) is 5.91 Å². The summed E-state index contributed by atoms with van der Waals surface area (Å²) in [5, 5.41) is 0.895. The molecule has 5 nitrogen and oxygen atoms in total. The van der Waals surface area contributed by atoms with Crippen molar-refractivity contribution < 1.29 is 13.8 Å². The van der Waals surface area contributed by atoms with Crippen molar-refractivity contribution in [2.45, 2.75) is 10.6 Å². The Kier molecular flexibility index (Phi) is 6.19. The quantitative estimate of drug-likeness (QED) is 0.756. The summed E-state index contributed by atoms with van der Waals surface area (Å²) in [5.41, 5.74) is 1.09. The van der Waals surface area contributed by atoms with Crippen LogP contribution in [0, 0.1) is 0 Å². The zero-order valence-electron chi connectivity index (χ0n) is 14.7. The van der Waals surface area contributed by atoms with Crippen molar-refractivity contribution in [3.63, 3.8) is 0 Å². The van der Waals surface area contributed by atoms with Gasteiger partial charge in [-0.05, 0) is 35.9 Å². The fourth-order valence-electron chi connectivity index (χ4n) is 2.74. The van der Waals surface area contributed by atoms with Gasteiger partial charge in [-0.15, -0.1) is 0 Å². The third kappa shape index (κ3) is 4.69.